The number of anilines is 1. The van der Waals surface area contributed by atoms with Gasteiger partial charge < -0.3 is 10.2 Å². The molecule has 0 unspecified atom stereocenters. The van der Waals surface area contributed by atoms with Crippen molar-refractivity contribution in [1.82, 2.24) is 4.98 Å². The van der Waals surface area contributed by atoms with Crippen molar-refractivity contribution in [1.29, 1.82) is 0 Å². The lowest BCUT2D eigenvalue weighted by atomic mass is 10.0. The summed E-state index contributed by atoms with van der Waals surface area (Å²) < 4.78 is 5.77. The SMILES string of the molecule is Cc1cc(N)cc(-c2nc3cc(Cl)ccc3o2)c1C. The van der Waals surface area contributed by atoms with Gasteiger partial charge >= 0.3 is 0 Å². The minimum atomic E-state index is 0.574. The zero-order valence-electron chi connectivity index (χ0n) is 10.7. The van der Waals surface area contributed by atoms with Crippen LogP contribution in [-0.4, -0.2) is 4.98 Å². The third kappa shape index (κ3) is 2.06. The summed E-state index contributed by atoms with van der Waals surface area (Å²) in [4.78, 5) is 4.48. The number of aromatic nitrogens is 1. The highest BCUT2D eigenvalue weighted by Crippen LogP contribution is 2.31. The van der Waals surface area contributed by atoms with Gasteiger partial charge in [0.25, 0.3) is 0 Å². The van der Waals surface area contributed by atoms with Crippen molar-refractivity contribution < 1.29 is 4.42 Å². The molecule has 96 valence electrons. The molecular weight excluding hydrogens is 260 g/mol. The van der Waals surface area contributed by atoms with Gasteiger partial charge in [0.1, 0.15) is 5.52 Å². The first-order valence-electron chi connectivity index (χ1n) is 5.98. The largest absolute Gasteiger partial charge is 0.436 e. The quantitative estimate of drug-likeness (QED) is 0.670. The van der Waals surface area contributed by atoms with Crippen molar-refractivity contribution in [3.8, 4) is 11.5 Å². The number of rotatable bonds is 1. The van der Waals surface area contributed by atoms with Crippen molar-refractivity contribution in [2.75, 3.05) is 5.73 Å². The summed E-state index contributed by atoms with van der Waals surface area (Å²) in [5.41, 5.74) is 11.2. The molecule has 0 aliphatic rings. The Morgan fingerprint density at radius 1 is 1.16 bits per heavy atom. The Hall–Kier alpha value is -2.00. The smallest absolute Gasteiger partial charge is 0.227 e. The highest BCUT2D eigenvalue weighted by atomic mass is 35.5. The average Bonchev–Trinajstić information content (AvgIpc) is 2.76. The number of nitrogens with two attached hydrogens (primary N) is 1. The van der Waals surface area contributed by atoms with Gasteiger partial charge in [-0.25, -0.2) is 4.98 Å². The van der Waals surface area contributed by atoms with E-state index < -0.39 is 0 Å². The molecule has 0 aliphatic carbocycles. The molecule has 1 heterocycles. The number of oxazole rings is 1. The van der Waals surface area contributed by atoms with Crippen LogP contribution in [0.2, 0.25) is 5.02 Å². The van der Waals surface area contributed by atoms with Crippen molar-refractivity contribution in [3.63, 3.8) is 0 Å². The Bertz CT molecular complexity index is 777. The first kappa shape index (κ1) is 12.1. The first-order chi connectivity index (χ1) is 9.04. The van der Waals surface area contributed by atoms with Crippen molar-refractivity contribution >= 4 is 28.4 Å². The van der Waals surface area contributed by atoms with Gasteiger partial charge in [0.15, 0.2) is 5.58 Å². The molecule has 0 bridgehead atoms. The Morgan fingerprint density at radius 3 is 2.74 bits per heavy atom. The van der Waals surface area contributed by atoms with E-state index in [0.717, 1.165) is 27.8 Å². The third-order valence-electron chi connectivity index (χ3n) is 3.27. The van der Waals surface area contributed by atoms with E-state index in [1.165, 1.54) is 0 Å². The molecule has 3 aromatic rings. The molecule has 0 saturated carbocycles. The van der Waals surface area contributed by atoms with Crippen LogP contribution in [0.5, 0.6) is 0 Å². The molecule has 19 heavy (non-hydrogen) atoms. The van der Waals surface area contributed by atoms with E-state index in [0.29, 0.717) is 16.6 Å². The second-order valence-electron chi connectivity index (χ2n) is 4.64. The number of fused-ring (bicyclic) bond motifs is 1. The van der Waals surface area contributed by atoms with Crippen LogP contribution in [0.25, 0.3) is 22.6 Å². The van der Waals surface area contributed by atoms with Crippen molar-refractivity contribution in [2.45, 2.75) is 13.8 Å². The topological polar surface area (TPSA) is 52.0 Å². The lowest BCUT2D eigenvalue weighted by Crippen LogP contribution is -1.92. The van der Waals surface area contributed by atoms with Crippen LogP contribution in [0.1, 0.15) is 11.1 Å². The summed E-state index contributed by atoms with van der Waals surface area (Å²) in [5.74, 6) is 0.574. The summed E-state index contributed by atoms with van der Waals surface area (Å²) in [5, 5.41) is 0.646. The van der Waals surface area contributed by atoms with Gasteiger partial charge in [-0.05, 0) is 55.3 Å². The summed E-state index contributed by atoms with van der Waals surface area (Å²) in [6, 6.07) is 9.23. The predicted molar refractivity (Wildman–Crippen MR) is 78.3 cm³/mol. The average molecular weight is 273 g/mol. The first-order valence-corrected chi connectivity index (χ1v) is 6.35. The standard InChI is InChI=1S/C15H13ClN2O/c1-8-5-11(17)7-12(9(8)2)15-18-13-6-10(16)3-4-14(13)19-15/h3-7H,17H2,1-2H3. The second kappa shape index (κ2) is 4.28. The van der Waals surface area contributed by atoms with Crippen LogP contribution in [0.4, 0.5) is 5.69 Å². The van der Waals surface area contributed by atoms with Gasteiger partial charge in [-0.1, -0.05) is 11.6 Å². The number of halogens is 1. The molecule has 2 aromatic carbocycles. The molecule has 4 heteroatoms. The fraction of sp³-hybridized carbons (Fsp3) is 0.133. The monoisotopic (exact) mass is 272 g/mol. The fourth-order valence-electron chi connectivity index (χ4n) is 2.13. The predicted octanol–water partition coefficient (Wildman–Crippen LogP) is 4.35. The number of aryl methyl sites for hydroxylation is 1. The van der Waals surface area contributed by atoms with E-state index in [1.807, 2.05) is 32.0 Å². The lowest BCUT2D eigenvalue weighted by Gasteiger charge is -2.06. The van der Waals surface area contributed by atoms with Crippen molar-refractivity contribution in [2.24, 2.45) is 0 Å². The van der Waals surface area contributed by atoms with E-state index in [4.69, 9.17) is 21.8 Å². The second-order valence-corrected chi connectivity index (χ2v) is 5.08. The Morgan fingerprint density at radius 2 is 1.95 bits per heavy atom. The Kier molecular flexibility index (Phi) is 2.72. The van der Waals surface area contributed by atoms with Crippen LogP contribution >= 0.6 is 11.6 Å². The third-order valence-corrected chi connectivity index (χ3v) is 3.50. The molecule has 0 radical (unpaired) electrons. The number of hydrogen-bond donors (Lipinski definition) is 1. The molecule has 0 fully saturated rings. The summed E-state index contributed by atoms with van der Waals surface area (Å²) in [6.45, 7) is 4.06. The van der Waals surface area contributed by atoms with Gasteiger partial charge in [-0.2, -0.15) is 0 Å². The van der Waals surface area contributed by atoms with Gasteiger partial charge in [0, 0.05) is 16.3 Å². The molecule has 2 N–H and O–H groups in total. The minimum Gasteiger partial charge on any atom is -0.436 e. The molecule has 0 atom stereocenters. The minimum absolute atomic E-state index is 0.574. The van der Waals surface area contributed by atoms with Gasteiger partial charge in [-0.3, -0.25) is 0 Å². The van der Waals surface area contributed by atoms with E-state index in [2.05, 4.69) is 4.98 Å². The van der Waals surface area contributed by atoms with E-state index in [9.17, 15) is 0 Å². The van der Waals surface area contributed by atoms with Crippen molar-refractivity contribution in [3.05, 3.63) is 46.5 Å². The Balaban J connectivity index is 2.24. The maximum atomic E-state index is 5.95. The zero-order valence-corrected chi connectivity index (χ0v) is 11.5. The zero-order chi connectivity index (χ0) is 13.6. The Labute approximate surface area is 116 Å². The highest BCUT2D eigenvalue weighted by Gasteiger charge is 2.12. The normalized spacial score (nSPS) is 11.1. The highest BCUT2D eigenvalue weighted by molar-refractivity contribution is 6.31. The van der Waals surface area contributed by atoms with Gasteiger partial charge in [0.2, 0.25) is 5.89 Å². The number of nitrogens with zero attached hydrogens (tertiary/aromatic N) is 1. The van der Waals surface area contributed by atoms with Crippen LogP contribution in [0.15, 0.2) is 34.7 Å². The number of benzene rings is 2. The molecule has 3 nitrogen and oxygen atoms in total. The summed E-state index contributed by atoms with van der Waals surface area (Å²) in [7, 11) is 0. The van der Waals surface area contributed by atoms with Crippen LogP contribution in [0.3, 0.4) is 0 Å². The molecule has 3 rings (SSSR count). The summed E-state index contributed by atoms with van der Waals surface area (Å²) in [6.07, 6.45) is 0. The number of hydrogen-bond acceptors (Lipinski definition) is 3. The molecule has 0 aliphatic heterocycles. The van der Waals surface area contributed by atoms with Gasteiger partial charge in [0.05, 0.1) is 0 Å². The van der Waals surface area contributed by atoms with Gasteiger partial charge in [-0.15, -0.1) is 0 Å². The molecular formula is C15H13ClN2O. The molecule has 1 aromatic heterocycles. The lowest BCUT2D eigenvalue weighted by molar-refractivity contribution is 0.619. The van der Waals surface area contributed by atoms with Crippen LogP contribution < -0.4 is 5.73 Å². The molecule has 0 saturated heterocycles. The van der Waals surface area contributed by atoms with E-state index >= 15 is 0 Å². The number of nitrogen functional groups attached to an aromatic ring is 1. The maximum absolute atomic E-state index is 5.95. The van der Waals surface area contributed by atoms with E-state index in [1.54, 1.807) is 12.1 Å². The molecule has 0 amide bonds. The van der Waals surface area contributed by atoms with Crippen LogP contribution in [-0.2, 0) is 0 Å². The fourth-order valence-corrected chi connectivity index (χ4v) is 2.29. The molecule has 0 spiro atoms. The van der Waals surface area contributed by atoms with Crippen LogP contribution in [0, 0.1) is 13.8 Å². The maximum Gasteiger partial charge on any atom is 0.227 e. The summed E-state index contributed by atoms with van der Waals surface area (Å²) >= 11 is 5.95. The van der Waals surface area contributed by atoms with E-state index in [-0.39, 0.29) is 0 Å².